The van der Waals surface area contributed by atoms with Crippen LogP contribution in [0.5, 0.6) is 0 Å². The van der Waals surface area contributed by atoms with E-state index in [9.17, 15) is 8.42 Å². The van der Waals surface area contributed by atoms with Gasteiger partial charge < -0.3 is 5.32 Å². The van der Waals surface area contributed by atoms with Crippen LogP contribution >= 0.6 is 0 Å². The molecule has 0 aliphatic carbocycles. The topological polar surface area (TPSA) is 52.7 Å². The largest absolute Gasteiger partial charge is 0.314 e. The van der Waals surface area contributed by atoms with Gasteiger partial charge >= 0.3 is 0 Å². The van der Waals surface area contributed by atoms with E-state index in [1.807, 2.05) is 0 Å². The molecule has 5 nitrogen and oxygen atoms in total. The molecule has 0 rings (SSSR count). The van der Waals surface area contributed by atoms with Gasteiger partial charge in [0.15, 0.2) is 0 Å². The van der Waals surface area contributed by atoms with E-state index in [0.29, 0.717) is 19.1 Å². The van der Waals surface area contributed by atoms with Crippen molar-refractivity contribution >= 4 is 10.2 Å². The van der Waals surface area contributed by atoms with Crippen molar-refractivity contribution in [1.29, 1.82) is 0 Å². The molecule has 0 saturated carbocycles. The zero-order chi connectivity index (χ0) is 13.5. The molecule has 0 atom stereocenters. The summed E-state index contributed by atoms with van der Waals surface area (Å²) in [6.07, 6.45) is 2.38. The van der Waals surface area contributed by atoms with E-state index < -0.39 is 10.2 Å². The Morgan fingerprint density at radius 2 is 1.88 bits per heavy atom. The Kier molecular flexibility index (Phi) is 7.61. The summed E-state index contributed by atoms with van der Waals surface area (Å²) < 4.78 is 26.5. The van der Waals surface area contributed by atoms with Crippen LogP contribution in [0.2, 0.25) is 0 Å². The highest BCUT2D eigenvalue weighted by Crippen LogP contribution is 2.04. The van der Waals surface area contributed by atoms with Crippen LogP contribution in [0, 0.1) is 0 Å². The van der Waals surface area contributed by atoms with Gasteiger partial charge in [-0.05, 0) is 13.0 Å². The second-order valence-corrected chi connectivity index (χ2v) is 6.50. The SMILES string of the molecule is C=CCN(C)S(=O)(=O)N(C)CCCNC(C)C. The lowest BCUT2D eigenvalue weighted by Crippen LogP contribution is -2.40. The van der Waals surface area contributed by atoms with Gasteiger partial charge in [0.25, 0.3) is 10.2 Å². The number of hydrogen-bond donors (Lipinski definition) is 1. The van der Waals surface area contributed by atoms with Crippen LogP contribution < -0.4 is 5.32 Å². The van der Waals surface area contributed by atoms with Crippen LogP contribution in [-0.2, 0) is 10.2 Å². The second-order valence-electron chi connectivity index (χ2n) is 4.36. The molecule has 0 amide bonds. The van der Waals surface area contributed by atoms with Crippen molar-refractivity contribution in [2.45, 2.75) is 26.3 Å². The van der Waals surface area contributed by atoms with E-state index in [-0.39, 0.29) is 0 Å². The summed E-state index contributed by atoms with van der Waals surface area (Å²) in [7, 11) is -0.177. The minimum Gasteiger partial charge on any atom is -0.314 e. The third-order valence-corrected chi connectivity index (χ3v) is 4.28. The van der Waals surface area contributed by atoms with Crippen LogP contribution in [0.15, 0.2) is 12.7 Å². The molecule has 0 aliphatic heterocycles. The summed E-state index contributed by atoms with van der Waals surface area (Å²) in [6.45, 7) is 9.34. The first-order chi connectivity index (χ1) is 7.82. The van der Waals surface area contributed by atoms with Gasteiger partial charge in [-0.1, -0.05) is 19.9 Å². The summed E-state index contributed by atoms with van der Waals surface area (Å²) in [6, 6.07) is 0.431. The Bertz CT molecular complexity index is 315. The molecule has 0 aromatic heterocycles. The molecule has 6 heteroatoms. The van der Waals surface area contributed by atoms with Gasteiger partial charge in [0.1, 0.15) is 0 Å². The lowest BCUT2D eigenvalue weighted by Gasteiger charge is -2.23. The molecule has 0 unspecified atom stereocenters. The molecular weight excluding hydrogens is 238 g/mol. The number of rotatable bonds is 9. The van der Waals surface area contributed by atoms with Crippen LogP contribution in [0.3, 0.4) is 0 Å². The maximum Gasteiger partial charge on any atom is 0.281 e. The quantitative estimate of drug-likeness (QED) is 0.491. The van der Waals surface area contributed by atoms with Crippen molar-refractivity contribution in [3.63, 3.8) is 0 Å². The molecule has 102 valence electrons. The fourth-order valence-electron chi connectivity index (χ4n) is 1.32. The normalized spacial score (nSPS) is 12.6. The van der Waals surface area contributed by atoms with E-state index in [1.165, 1.54) is 8.61 Å². The Hall–Kier alpha value is -0.430. The standard InChI is InChI=1S/C11H25N3O2S/c1-6-9-13(4)17(15,16)14(5)10-7-8-12-11(2)3/h6,11-12H,1,7-10H2,2-5H3. The first-order valence-corrected chi connectivity index (χ1v) is 7.24. The Labute approximate surface area is 106 Å². The first kappa shape index (κ1) is 16.6. The van der Waals surface area contributed by atoms with E-state index in [2.05, 4.69) is 25.7 Å². The minimum absolute atomic E-state index is 0.330. The third kappa shape index (κ3) is 6.16. The summed E-state index contributed by atoms with van der Waals surface area (Å²) in [5.41, 5.74) is 0. The summed E-state index contributed by atoms with van der Waals surface area (Å²) in [4.78, 5) is 0. The van der Waals surface area contributed by atoms with E-state index >= 15 is 0 Å². The number of nitrogens with one attached hydrogen (secondary N) is 1. The molecule has 0 aromatic rings. The highest BCUT2D eigenvalue weighted by Gasteiger charge is 2.21. The molecular formula is C11H25N3O2S. The van der Waals surface area contributed by atoms with E-state index in [4.69, 9.17) is 0 Å². The van der Waals surface area contributed by atoms with E-state index in [1.54, 1.807) is 20.2 Å². The van der Waals surface area contributed by atoms with Crippen molar-refractivity contribution in [1.82, 2.24) is 13.9 Å². The summed E-state index contributed by atoms with van der Waals surface area (Å²) in [5, 5.41) is 3.26. The van der Waals surface area contributed by atoms with Crippen molar-refractivity contribution in [3.8, 4) is 0 Å². The maximum atomic E-state index is 11.9. The highest BCUT2D eigenvalue weighted by molar-refractivity contribution is 7.86. The van der Waals surface area contributed by atoms with E-state index in [0.717, 1.165) is 13.0 Å². The molecule has 0 spiro atoms. The van der Waals surface area contributed by atoms with Crippen molar-refractivity contribution in [2.24, 2.45) is 0 Å². The first-order valence-electron chi connectivity index (χ1n) is 5.84. The Morgan fingerprint density at radius 1 is 1.29 bits per heavy atom. The monoisotopic (exact) mass is 263 g/mol. The molecule has 0 heterocycles. The van der Waals surface area contributed by atoms with Gasteiger partial charge in [-0.15, -0.1) is 6.58 Å². The summed E-state index contributed by atoms with van der Waals surface area (Å²) in [5.74, 6) is 0. The zero-order valence-electron chi connectivity index (χ0n) is 11.3. The van der Waals surface area contributed by atoms with Gasteiger partial charge in [-0.25, -0.2) is 0 Å². The van der Waals surface area contributed by atoms with Crippen LogP contribution in [0.1, 0.15) is 20.3 Å². The minimum atomic E-state index is -3.33. The van der Waals surface area contributed by atoms with Gasteiger partial charge in [0.05, 0.1) is 0 Å². The van der Waals surface area contributed by atoms with Crippen LogP contribution in [0.25, 0.3) is 0 Å². The number of hydrogen-bond acceptors (Lipinski definition) is 3. The Balaban J connectivity index is 4.12. The average molecular weight is 263 g/mol. The molecule has 0 aromatic carbocycles. The van der Waals surface area contributed by atoms with Gasteiger partial charge in [0, 0.05) is 33.2 Å². The predicted molar refractivity (Wildman–Crippen MR) is 72.1 cm³/mol. The molecule has 0 saturated heterocycles. The molecule has 0 aliphatic rings. The van der Waals surface area contributed by atoms with Gasteiger partial charge in [-0.2, -0.15) is 17.0 Å². The smallest absolute Gasteiger partial charge is 0.281 e. The summed E-state index contributed by atoms with van der Waals surface area (Å²) >= 11 is 0. The van der Waals surface area contributed by atoms with Crippen molar-refractivity contribution in [2.75, 3.05) is 33.7 Å². The fraction of sp³-hybridized carbons (Fsp3) is 0.818. The third-order valence-electron chi connectivity index (χ3n) is 2.38. The lowest BCUT2D eigenvalue weighted by atomic mass is 10.3. The van der Waals surface area contributed by atoms with Crippen LogP contribution in [0.4, 0.5) is 0 Å². The molecule has 17 heavy (non-hydrogen) atoms. The van der Waals surface area contributed by atoms with Crippen LogP contribution in [-0.4, -0.2) is 56.8 Å². The fourth-order valence-corrected chi connectivity index (χ4v) is 2.45. The molecule has 0 bridgehead atoms. The van der Waals surface area contributed by atoms with Gasteiger partial charge in [0.2, 0.25) is 0 Å². The zero-order valence-corrected chi connectivity index (χ0v) is 12.1. The molecule has 1 N–H and O–H groups in total. The lowest BCUT2D eigenvalue weighted by molar-refractivity contribution is 0.397. The second kappa shape index (κ2) is 7.81. The number of likely N-dealkylation sites (N-methyl/N-ethyl adjacent to an activating group) is 1. The molecule has 0 fully saturated rings. The maximum absolute atomic E-state index is 11.9. The Morgan fingerprint density at radius 3 is 2.35 bits per heavy atom. The number of nitrogens with zero attached hydrogens (tertiary/aromatic N) is 2. The van der Waals surface area contributed by atoms with Crippen molar-refractivity contribution < 1.29 is 8.42 Å². The van der Waals surface area contributed by atoms with Crippen molar-refractivity contribution in [3.05, 3.63) is 12.7 Å². The predicted octanol–water partition coefficient (Wildman–Crippen LogP) is 0.669. The van der Waals surface area contributed by atoms with Gasteiger partial charge in [-0.3, -0.25) is 0 Å². The molecule has 0 radical (unpaired) electrons. The average Bonchev–Trinajstić information content (AvgIpc) is 2.23. The highest BCUT2D eigenvalue weighted by atomic mass is 32.2.